The van der Waals surface area contributed by atoms with Gasteiger partial charge in [0.2, 0.25) is 5.91 Å². The molecule has 1 aliphatic heterocycles. The van der Waals surface area contributed by atoms with Crippen LogP contribution < -0.4 is 0 Å². The lowest BCUT2D eigenvalue weighted by Crippen LogP contribution is -2.40. The molecule has 0 aliphatic carbocycles. The van der Waals surface area contributed by atoms with Crippen molar-refractivity contribution in [2.45, 2.75) is 38.7 Å². The van der Waals surface area contributed by atoms with E-state index in [2.05, 4.69) is 4.98 Å². The number of benzene rings is 1. The predicted octanol–water partition coefficient (Wildman–Crippen LogP) is 2.57. The number of hydrogen-bond acceptors (Lipinski definition) is 4. The molecule has 0 unspecified atom stereocenters. The van der Waals surface area contributed by atoms with Crippen molar-refractivity contribution in [3.63, 3.8) is 0 Å². The molecule has 1 amide bonds. The highest BCUT2D eigenvalue weighted by atomic mass is 16.4. The Labute approximate surface area is 135 Å². The number of piperidine rings is 1. The van der Waals surface area contributed by atoms with Gasteiger partial charge in [0.1, 0.15) is 0 Å². The maximum absolute atomic E-state index is 12.2. The minimum absolute atomic E-state index is 0.106. The van der Waals surface area contributed by atoms with Crippen molar-refractivity contribution in [3.8, 4) is 11.3 Å². The van der Waals surface area contributed by atoms with Crippen molar-refractivity contribution in [1.82, 2.24) is 9.88 Å². The van der Waals surface area contributed by atoms with Crippen molar-refractivity contribution in [1.29, 1.82) is 0 Å². The van der Waals surface area contributed by atoms with Crippen LogP contribution in [-0.4, -0.2) is 40.1 Å². The molecule has 0 radical (unpaired) electrons. The summed E-state index contributed by atoms with van der Waals surface area (Å²) in [5.74, 6) is 1.48. The highest BCUT2D eigenvalue weighted by molar-refractivity contribution is 5.76. The average Bonchev–Trinajstić information content (AvgIpc) is 2.95. The first-order valence-electron chi connectivity index (χ1n) is 8.11. The lowest BCUT2D eigenvalue weighted by molar-refractivity contribution is -0.133. The van der Waals surface area contributed by atoms with Crippen LogP contribution in [0.15, 0.2) is 34.7 Å². The van der Waals surface area contributed by atoms with Crippen LogP contribution in [0, 0.1) is 6.92 Å². The van der Waals surface area contributed by atoms with Crippen molar-refractivity contribution in [3.05, 3.63) is 41.9 Å². The van der Waals surface area contributed by atoms with Gasteiger partial charge in [0, 0.05) is 31.5 Å². The van der Waals surface area contributed by atoms with Crippen LogP contribution in [0.25, 0.3) is 11.3 Å². The fraction of sp³-hybridized carbons (Fsp3) is 0.444. The number of nitrogens with zero attached hydrogens (tertiary/aromatic N) is 2. The lowest BCUT2D eigenvalue weighted by atomic mass is 10.1. The Bertz CT molecular complexity index is 658. The van der Waals surface area contributed by atoms with E-state index < -0.39 is 0 Å². The number of hydrogen-bond donors (Lipinski definition) is 1. The molecule has 5 nitrogen and oxygen atoms in total. The highest BCUT2D eigenvalue weighted by Gasteiger charge is 2.21. The van der Waals surface area contributed by atoms with Crippen LogP contribution in [-0.2, 0) is 11.2 Å². The molecule has 2 aromatic rings. The first-order valence-corrected chi connectivity index (χ1v) is 8.11. The molecule has 1 saturated heterocycles. The van der Waals surface area contributed by atoms with Crippen LogP contribution in [0.4, 0.5) is 0 Å². The third-order valence-corrected chi connectivity index (χ3v) is 4.25. The maximum Gasteiger partial charge on any atom is 0.223 e. The number of rotatable bonds is 4. The summed E-state index contributed by atoms with van der Waals surface area (Å²) in [6.07, 6.45) is 1.97. The van der Waals surface area contributed by atoms with E-state index >= 15 is 0 Å². The monoisotopic (exact) mass is 314 g/mol. The highest BCUT2D eigenvalue weighted by Crippen LogP contribution is 2.24. The normalized spacial score (nSPS) is 15.8. The smallest absolute Gasteiger partial charge is 0.223 e. The molecule has 3 rings (SSSR count). The first-order chi connectivity index (χ1) is 11.1. The molecular formula is C18H22N2O3. The van der Waals surface area contributed by atoms with Gasteiger partial charge in [0.25, 0.3) is 0 Å². The Morgan fingerprint density at radius 3 is 2.70 bits per heavy atom. The molecule has 122 valence electrons. The van der Waals surface area contributed by atoms with Gasteiger partial charge in [-0.15, -0.1) is 0 Å². The van der Waals surface area contributed by atoms with Gasteiger partial charge >= 0.3 is 0 Å². The number of carbonyl (C=O) groups excluding carboxylic acids is 1. The average molecular weight is 314 g/mol. The van der Waals surface area contributed by atoms with Crippen LogP contribution >= 0.6 is 0 Å². The number of likely N-dealkylation sites (tertiary alicyclic amines) is 1. The van der Waals surface area contributed by atoms with E-state index in [-0.39, 0.29) is 12.0 Å². The summed E-state index contributed by atoms with van der Waals surface area (Å²) in [5.41, 5.74) is 1.85. The summed E-state index contributed by atoms with van der Waals surface area (Å²) in [4.78, 5) is 18.5. The fourth-order valence-corrected chi connectivity index (χ4v) is 2.90. The van der Waals surface area contributed by atoms with Crippen molar-refractivity contribution in [2.24, 2.45) is 0 Å². The Morgan fingerprint density at radius 1 is 1.30 bits per heavy atom. The van der Waals surface area contributed by atoms with Crippen molar-refractivity contribution < 1.29 is 14.3 Å². The zero-order valence-corrected chi connectivity index (χ0v) is 13.4. The third kappa shape index (κ3) is 3.79. The molecule has 5 heteroatoms. The van der Waals surface area contributed by atoms with Gasteiger partial charge in [-0.3, -0.25) is 4.79 Å². The second-order valence-electron chi connectivity index (χ2n) is 6.00. The van der Waals surface area contributed by atoms with Gasteiger partial charge in [-0.2, -0.15) is 0 Å². The number of aliphatic hydroxyl groups excluding tert-OH is 1. The second kappa shape index (κ2) is 6.96. The third-order valence-electron chi connectivity index (χ3n) is 4.25. The predicted molar refractivity (Wildman–Crippen MR) is 86.8 cm³/mol. The number of aromatic nitrogens is 1. The molecule has 0 bridgehead atoms. The summed E-state index contributed by atoms with van der Waals surface area (Å²) >= 11 is 0. The summed E-state index contributed by atoms with van der Waals surface area (Å²) in [6.45, 7) is 3.20. The van der Waals surface area contributed by atoms with Crippen LogP contribution in [0.1, 0.15) is 30.8 Å². The zero-order chi connectivity index (χ0) is 16.2. The molecule has 1 fully saturated rings. The Kier molecular flexibility index (Phi) is 4.76. The van der Waals surface area contributed by atoms with Gasteiger partial charge in [-0.1, -0.05) is 30.3 Å². The van der Waals surface area contributed by atoms with E-state index in [0.29, 0.717) is 44.7 Å². The molecule has 1 aromatic heterocycles. The van der Waals surface area contributed by atoms with Gasteiger partial charge in [-0.25, -0.2) is 4.98 Å². The van der Waals surface area contributed by atoms with Gasteiger partial charge in [0.05, 0.1) is 11.8 Å². The maximum atomic E-state index is 12.2. The molecular weight excluding hydrogens is 292 g/mol. The molecule has 1 aliphatic rings. The van der Waals surface area contributed by atoms with Gasteiger partial charge in [0.15, 0.2) is 11.7 Å². The molecule has 2 heterocycles. The van der Waals surface area contributed by atoms with E-state index in [0.717, 1.165) is 17.0 Å². The van der Waals surface area contributed by atoms with E-state index in [9.17, 15) is 9.90 Å². The second-order valence-corrected chi connectivity index (χ2v) is 6.00. The van der Waals surface area contributed by atoms with Crippen molar-refractivity contribution >= 4 is 5.91 Å². The number of aliphatic hydroxyl groups is 1. The number of amides is 1. The van der Waals surface area contributed by atoms with E-state index in [1.54, 1.807) is 0 Å². The molecule has 23 heavy (non-hydrogen) atoms. The molecule has 1 aromatic carbocycles. The Morgan fingerprint density at radius 2 is 2.00 bits per heavy atom. The summed E-state index contributed by atoms with van der Waals surface area (Å²) in [5, 5.41) is 9.50. The molecule has 0 atom stereocenters. The van der Waals surface area contributed by atoms with E-state index in [1.165, 1.54) is 0 Å². The molecule has 0 saturated carbocycles. The molecule has 0 spiro atoms. The minimum Gasteiger partial charge on any atom is -0.440 e. The number of oxazole rings is 1. The Hall–Kier alpha value is -2.14. The summed E-state index contributed by atoms with van der Waals surface area (Å²) < 4.78 is 5.83. The van der Waals surface area contributed by atoms with Crippen LogP contribution in [0.5, 0.6) is 0 Å². The topological polar surface area (TPSA) is 66.6 Å². The lowest BCUT2D eigenvalue weighted by Gasteiger charge is -2.29. The van der Waals surface area contributed by atoms with E-state index in [1.807, 2.05) is 42.2 Å². The molecule has 1 N–H and O–H groups in total. The van der Waals surface area contributed by atoms with Crippen LogP contribution in [0.3, 0.4) is 0 Å². The summed E-state index contributed by atoms with van der Waals surface area (Å²) in [7, 11) is 0. The van der Waals surface area contributed by atoms with E-state index in [4.69, 9.17) is 4.42 Å². The fourth-order valence-electron chi connectivity index (χ4n) is 2.90. The first kappa shape index (κ1) is 15.7. The van der Waals surface area contributed by atoms with Crippen LogP contribution in [0.2, 0.25) is 0 Å². The minimum atomic E-state index is -0.262. The number of aryl methyl sites for hydroxylation is 2. The summed E-state index contributed by atoms with van der Waals surface area (Å²) in [6, 6.07) is 9.86. The van der Waals surface area contributed by atoms with Gasteiger partial charge < -0.3 is 14.4 Å². The van der Waals surface area contributed by atoms with Crippen molar-refractivity contribution in [2.75, 3.05) is 13.1 Å². The zero-order valence-electron chi connectivity index (χ0n) is 13.4. The van der Waals surface area contributed by atoms with Gasteiger partial charge in [-0.05, 0) is 19.8 Å². The standard InChI is InChI=1S/C18H22N2O3/c1-13-18(14-5-3-2-4-6-14)23-16(19-13)7-8-17(22)20-11-9-15(21)10-12-20/h2-6,15,21H,7-12H2,1H3. The largest absolute Gasteiger partial charge is 0.440 e. The quantitative estimate of drug-likeness (QED) is 0.942. The Balaban J connectivity index is 1.60. The number of carbonyl (C=O) groups is 1. The SMILES string of the molecule is Cc1nc(CCC(=O)N2CCC(O)CC2)oc1-c1ccccc1.